The minimum atomic E-state index is -0.914. The average molecular weight is 484 g/mol. The van der Waals surface area contributed by atoms with Crippen molar-refractivity contribution in [3.63, 3.8) is 0 Å². The highest BCUT2D eigenvalue weighted by Gasteiger charge is 2.60. The number of halogens is 2. The number of hydroxylamine groups is 1. The van der Waals surface area contributed by atoms with Gasteiger partial charge in [0.05, 0.1) is 22.4 Å². The van der Waals surface area contributed by atoms with Crippen molar-refractivity contribution in [1.82, 2.24) is 0 Å². The second-order valence-corrected chi connectivity index (χ2v) is 8.50. The van der Waals surface area contributed by atoms with Crippen molar-refractivity contribution in [1.29, 1.82) is 0 Å². The maximum absolute atomic E-state index is 13.5. The predicted molar refractivity (Wildman–Crippen MR) is 118 cm³/mol. The van der Waals surface area contributed by atoms with Gasteiger partial charge in [-0.3, -0.25) is 14.4 Å². The van der Waals surface area contributed by atoms with Crippen molar-refractivity contribution < 1.29 is 14.4 Å². The molecule has 5 nitrogen and oxygen atoms in total. The first-order valence-electron chi connectivity index (χ1n) is 9.45. The summed E-state index contributed by atoms with van der Waals surface area (Å²) >= 11 is 9.74. The number of imide groups is 1. The van der Waals surface area contributed by atoms with Crippen molar-refractivity contribution in [3.05, 3.63) is 93.9 Å². The predicted octanol–water partition coefficient (Wildman–Crippen LogP) is 5.15. The van der Waals surface area contributed by atoms with Crippen LogP contribution in [0.3, 0.4) is 0 Å². The molecular formula is C23H16BrClN2O3. The monoisotopic (exact) mass is 482 g/mol. The van der Waals surface area contributed by atoms with E-state index in [1.807, 2.05) is 54.6 Å². The molecule has 150 valence electrons. The summed E-state index contributed by atoms with van der Waals surface area (Å²) < 4.78 is 0.930. The zero-order chi connectivity index (χ0) is 20.8. The van der Waals surface area contributed by atoms with E-state index >= 15 is 0 Å². The molecule has 0 bridgehead atoms. The third-order valence-corrected chi connectivity index (χ3v) is 6.28. The fourth-order valence-corrected chi connectivity index (χ4v) is 4.57. The van der Waals surface area contributed by atoms with Gasteiger partial charge in [0.1, 0.15) is 5.92 Å². The summed E-state index contributed by atoms with van der Waals surface area (Å²) in [5, 5.41) is 2.03. The van der Waals surface area contributed by atoms with E-state index in [1.54, 1.807) is 29.3 Å². The Kier molecular flexibility index (Phi) is 4.85. The highest BCUT2D eigenvalue weighted by Crippen LogP contribution is 2.48. The molecule has 3 atom stereocenters. The van der Waals surface area contributed by atoms with Crippen LogP contribution in [0.2, 0.25) is 5.02 Å². The van der Waals surface area contributed by atoms with Gasteiger partial charge in [-0.25, -0.2) is 9.96 Å². The number of para-hydroxylation sites is 2. The quantitative estimate of drug-likeness (QED) is 0.483. The third-order valence-electron chi connectivity index (χ3n) is 5.43. The lowest BCUT2D eigenvalue weighted by molar-refractivity contribution is -0.126. The van der Waals surface area contributed by atoms with E-state index in [-0.39, 0.29) is 5.91 Å². The van der Waals surface area contributed by atoms with Crippen LogP contribution in [0, 0.1) is 5.92 Å². The van der Waals surface area contributed by atoms with Crippen LogP contribution < -0.4 is 9.96 Å². The molecule has 2 aliphatic rings. The molecule has 0 aliphatic carbocycles. The molecule has 2 heterocycles. The number of carbonyl (C=O) groups excluding carboxylic acids is 2. The van der Waals surface area contributed by atoms with Gasteiger partial charge in [-0.1, -0.05) is 70.0 Å². The minimum Gasteiger partial charge on any atom is -0.273 e. The molecule has 2 amide bonds. The van der Waals surface area contributed by atoms with Gasteiger partial charge in [-0.2, -0.15) is 0 Å². The summed E-state index contributed by atoms with van der Waals surface area (Å²) in [4.78, 5) is 34.0. The molecule has 0 aromatic heterocycles. The Morgan fingerprint density at radius 3 is 2.20 bits per heavy atom. The molecule has 7 heteroatoms. The fourth-order valence-electron chi connectivity index (χ4n) is 4.08. The Bertz CT molecular complexity index is 1120. The summed E-state index contributed by atoms with van der Waals surface area (Å²) in [6.07, 6.45) is -0.914. The van der Waals surface area contributed by atoms with E-state index in [0.717, 1.165) is 20.6 Å². The fraction of sp³-hybridized carbons (Fsp3) is 0.130. The number of hydrogen-bond acceptors (Lipinski definition) is 4. The molecule has 0 spiro atoms. The van der Waals surface area contributed by atoms with E-state index in [2.05, 4.69) is 15.9 Å². The standard InChI is InChI=1S/C23H16BrClN2O3/c24-15-12-10-14(11-13-15)20-19-21(30-27(20)16-6-2-1-3-7-16)23(29)26(22(19)28)18-9-5-4-8-17(18)25/h1-13,19-21H. The Labute approximate surface area is 186 Å². The minimum absolute atomic E-state index is 0.315. The van der Waals surface area contributed by atoms with Gasteiger partial charge in [0, 0.05) is 4.47 Å². The van der Waals surface area contributed by atoms with Crippen molar-refractivity contribution >= 4 is 50.7 Å². The molecule has 3 aromatic rings. The number of carbonyl (C=O) groups is 2. The molecule has 3 aromatic carbocycles. The van der Waals surface area contributed by atoms with Gasteiger partial charge >= 0.3 is 0 Å². The van der Waals surface area contributed by atoms with Crippen molar-refractivity contribution in [2.24, 2.45) is 5.92 Å². The van der Waals surface area contributed by atoms with E-state index in [1.165, 1.54) is 0 Å². The van der Waals surface area contributed by atoms with Crippen LogP contribution in [-0.4, -0.2) is 17.9 Å². The smallest absolute Gasteiger partial charge is 0.266 e. The summed E-state index contributed by atoms with van der Waals surface area (Å²) in [5.41, 5.74) is 2.05. The van der Waals surface area contributed by atoms with Crippen LogP contribution in [0.5, 0.6) is 0 Å². The first-order valence-corrected chi connectivity index (χ1v) is 10.6. The second kappa shape index (κ2) is 7.54. The first-order chi connectivity index (χ1) is 14.6. The highest BCUT2D eigenvalue weighted by atomic mass is 79.9. The zero-order valence-electron chi connectivity index (χ0n) is 15.6. The third kappa shape index (κ3) is 3.03. The number of fused-ring (bicyclic) bond motifs is 1. The Hall–Kier alpha value is -2.67. The number of hydrogen-bond donors (Lipinski definition) is 0. The van der Waals surface area contributed by atoms with Crippen LogP contribution in [0.1, 0.15) is 11.6 Å². The van der Waals surface area contributed by atoms with Crippen molar-refractivity contribution in [2.75, 3.05) is 9.96 Å². The van der Waals surface area contributed by atoms with Gasteiger partial charge in [0.2, 0.25) is 5.91 Å². The molecule has 3 unspecified atom stereocenters. The molecule has 2 saturated heterocycles. The number of nitrogens with zero attached hydrogens (tertiary/aromatic N) is 2. The van der Waals surface area contributed by atoms with E-state index in [0.29, 0.717) is 10.7 Å². The van der Waals surface area contributed by atoms with Crippen molar-refractivity contribution in [3.8, 4) is 0 Å². The maximum Gasteiger partial charge on any atom is 0.266 e. The molecule has 0 saturated carbocycles. The number of benzene rings is 3. The molecule has 0 N–H and O–H groups in total. The molecule has 0 radical (unpaired) electrons. The second-order valence-electron chi connectivity index (χ2n) is 7.17. The van der Waals surface area contributed by atoms with E-state index < -0.39 is 24.0 Å². The van der Waals surface area contributed by atoms with Crippen LogP contribution >= 0.6 is 27.5 Å². The Morgan fingerprint density at radius 1 is 0.833 bits per heavy atom. The molecule has 5 rings (SSSR count). The van der Waals surface area contributed by atoms with Gasteiger partial charge in [-0.15, -0.1) is 0 Å². The van der Waals surface area contributed by atoms with E-state index in [4.69, 9.17) is 16.4 Å². The lowest BCUT2D eigenvalue weighted by Gasteiger charge is -2.29. The topological polar surface area (TPSA) is 49.9 Å². The zero-order valence-corrected chi connectivity index (χ0v) is 18.0. The first kappa shape index (κ1) is 19.3. The van der Waals surface area contributed by atoms with Gasteiger partial charge in [0.25, 0.3) is 5.91 Å². The van der Waals surface area contributed by atoms with Crippen LogP contribution in [0.4, 0.5) is 11.4 Å². The molecule has 2 aliphatic heterocycles. The summed E-state index contributed by atoms with van der Waals surface area (Å²) in [7, 11) is 0. The van der Waals surface area contributed by atoms with Gasteiger partial charge in [0.15, 0.2) is 6.10 Å². The summed E-state index contributed by atoms with van der Waals surface area (Å²) in [6.45, 7) is 0. The lowest BCUT2D eigenvalue weighted by atomic mass is 9.90. The van der Waals surface area contributed by atoms with Gasteiger partial charge < -0.3 is 0 Å². The maximum atomic E-state index is 13.5. The average Bonchev–Trinajstić information content (AvgIpc) is 3.26. The number of amides is 2. The van der Waals surface area contributed by atoms with Crippen LogP contribution in [0.25, 0.3) is 0 Å². The lowest BCUT2D eigenvalue weighted by Crippen LogP contribution is -2.37. The summed E-state index contributed by atoms with van der Waals surface area (Å²) in [5.74, 6) is -1.40. The normalized spacial score (nSPS) is 23.2. The highest BCUT2D eigenvalue weighted by molar-refractivity contribution is 9.10. The largest absolute Gasteiger partial charge is 0.273 e. The van der Waals surface area contributed by atoms with E-state index in [9.17, 15) is 9.59 Å². The van der Waals surface area contributed by atoms with Crippen molar-refractivity contribution in [2.45, 2.75) is 12.1 Å². The van der Waals surface area contributed by atoms with Gasteiger partial charge in [-0.05, 0) is 42.0 Å². The molecular weight excluding hydrogens is 468 g/mol. The molecule has 30 heavy (non-hydrogen) atoms. The van der Waals surface area contributed by atoms with Crippen LogP contribution in [0.15, 0.2) is 83.3 Å². The SMILES string of the molecule is O=C1C2ON(c3ccccc3)C(c3ccc(Br)cc3)C2C(=O)N1c1ccccc1Cl. The summed E-state index contributed by atoms with van der Waals surface area (Å²) in [6, 6.07) is 23.6. The Morgan fingerprint density at radius 2 is 1.50 bits per heavy atom. The van der Waals surface area contributed by atoms with Crippen LogP contribution in [-0.2, 0) is 14.4 Å². The Balaban J connectivity index is 1.60. The number of rotatable bonds is 3. The molecule has 2 fully saturated rings. The number of anilines is 2.